The molecule has 0 aromatic heterocycles. The van der Waals surface area contributed by atoms with Crippen molar-refractivity contribution in [3.8, 4) is 11.5 Å². The second kappa shape index (κ2) is 7.29. The van der Waals surface area contributed by atoms with Crippen LogP contribution >= 0.6 is 0 Å². The minimum Gasteiger partial charge on any atom is -0.457 e. The number of benzene rings is 2. The summed E-state index contributed by atoms with van der Waals surface area (Å²) in [6.07, 6.45) is 2.23. The number of hydrogen-bond donors (Lipinski definition) is 1. The molecule has 1 amide bonds. The fourth-order valence-electron chi connectivity index (χ4n) is 2.56. The molecule has 0 bridgehead atoms. The molecule has 2 aromatic carbocycles. The lowest BCUT2D eigenvalue weighted by Crippen LogP contribution is -2.31. The van der Waals surface area contributed by atoms with Gasteiger partial charge >= 0.3 is 0 Å². The maximum Gasteiger partial charge on any atom is 0.251 e. The van der Waals surface area contributed by atoms with Gasteiger partial charge in [-0.15, -0.1) is 0 Å². The highest BCUT2D eigenvalue weighted by atomic mass is 16.5. The third kappa shape index (κ3) is 4.33. The van der Waals surface area contributed by atoms with Crippen molar-refractivity contribution in [2.75, 3.05) is 13.2 Å². The number of carbonyl (C=O) groups is 1. The van der Waals surface area contributed by atoms with Gasteiger partial charge in [0.1, 0.15) is 11.5 Å². The van der Waals surface area contributed by atoms with E-state index < -0.39 is 0 Å². The molecule has 1 N–H and O–H groups in total. The van der Waals surface area contributed by atoms with Crippen molar-refractivity contribution < 1.29 is 14.3 Å². The van der Waals surface area contributed by atoms with E-state index in [0.29, 0.717) is 17.9 Å². The van der Waals surface area contributed by atoms with Crippen LogP contribution in [0.2, 0.25) is 0 Å². The summed E-state index contributed by atoms with van der Waals surface area (Å²) in [5.74, 6) is 1.31. The monoisotopic (exact) mass is 311 g/mol. The molecule has 0 spiro atoms. The van der Waals surface area contributed by atoms with Gasteiger partial charge in [-0.2, -0.15) is 0 Å². The number of rotatable bonds is 5. The van der Waals surface area contributed by atoms with Crippen LogP contribution in [0.3, 0.4) is 0 Å². The van der Waals surface area contributed by atoms with Crippen molar-refractivity contribution in [1.82, 2.24) is 5.32 Å². The van der Waals surface area contributed by atoms with Gasteiger partial charge in [0.15, 0.2) is 0 Å². The quantitative estimate of drug-likeness (QED) is 0.916. The smallest absolute Gasteiger partial charge is 0.251 e. The standard InChI is InChI=1S/C19H21NO3/c1-14-7-9-16(10-8-14)23-17-5-2-4-15(12-17)19(21)20-13-18-6-3-11-22-18/h2,4-5,7-10,12,18H,3,6,11,13H2,1H3,(H,20,21). The summed E-state index contributed by atoms with van der Waals surface area (Å²) in [4.78, 5) is 12.2. The molecule has 4 nitrogen and oxygen atoms in total. The Hall–Kier alpha value is -2.33. The van der Waals surface area contributed by atoms with E-state index in [-0.39, 0.29) is 12.0 Å². The molecular formula is C19H21NO3. The fourth-order valence-corrected chi connectivity index (χ4v) is 2.56. The van der Waals surface area contributed by atoms with Crippen molar-refractivity contribution in [2.45, 2.75) is 25.9 Å². The van der Waals surface area contributed by atoms with E-state index in [9.17, 15) is 4.79 Å². The molecule has 1 fully saturated rings. The van der Waals surface area contributed by atoms with Crippen LogP contribution in [0.15, 0.2) is 48.5 Å². The number of hydrogen-bond acceptors (Lipinski definition) is 3. The summed E-state index contributed by atoms with van der Waals surface area (Å²) >= 11 is 0. The van der Waals surface area contributed by atoms with Crippen LogP contribution in [0.4, 0.5) is 0 Å². The predicted octanol–water partition coefficient (Wildman–Crippen LogP) is 3.70. The zero-order chi connectivity index (χ0) is 16.1. The van der Waals surface area contributed by atoms with Gasteiger partial charge in [0, 0.05) is 18.7 Å². The molecule has 1 aliphatic heterocycles. The van der Waals surface area contributed by atoms with E-state index >= 15 is 0 Å². The van der Waals surface area contributed by atoms with E-state index in [1.807, 2.05) is 43.3 Å². The highest BCUT2D eigenvalue weighted by molar-refractivity contribution is 5.94. The highest BCUT2D eigenvalue weighted by Gasteiger charge is 2.16. The van der Waals surface area contributed by atoms with Crippen LogP contribution in [0, 0.1) is 6.92 Å². The second-order valence-electron chi connectivity index (χ2n) is 5.79. The Labute approximate surface area is 136 Å². The Morgan fingerprint density at radius 3 is 2.78 bits per heavy atom. The summed E-state index contributed by atoms with van der Waals surface area (Å²) in [5.41, 5.74) is 1.77. The van der Waals surface area contributed by atoms with Crippen LogP contribution < -0.4 is 10.1 Å². The molecule has 0 aliphatic carbocycles. The van der Waals surface area contributed by atoms with Crippen LogP contribution in [-0.2, 0) is 4.74 Å². The van der Waals surface area contributed by atoms with E-state index in [4.69, 9.17) is 9.47 Å². The Morgan fingerprint density at radius 1 is 1.22 bits per heavy atom. The molecule has 120 valence electrons. The average molecular weight is 311 g/mol. The molecule has 23 heavy (non-hydrogen) atoms. The maximum absolute atomic E-state index is 12.2. The predicted molar refractivity (Wildman–Crippen MR) is 89.0 cm³/mol. The average Bonchev–Trinajstić information content (AvgIpc) is 3.08. The lowest BCUT2D eigenvalue weighted by atomic mass is 10.2. The Bertz CT molecular complexity index is 661. The summed E-state index contributed by atoms with van der Waals surface area (Å²) < 4.78 is 11.3. The van der Waals surface area contributed by atoms with Crippen molar-refractivity contribution >= 4 is 5.91 Å². The van der Waals surface area contributed by atoms with Gasteiger partial charge < -0.3 is 14.8 Å². The fraction of sp³-hybridized carbons (Fsp3) is 0.316. The molecular weight excluding hydrogens is 290 g/mol. The summed E-state index contributed by atoms with van der Waals surface area (Å²) in [5, 5.41) is 2.92. The molecule has 1 atom stereocenters. The van der Waals surface area contributed by atoms with E-state index in [0.717, 1.165) is 25.2 Å². The van der Waals surface area contributed by atoms with Gasteiger partial charge in [0.2, 0.25) is 0 Å². The molecule has 0 saturated carbocycles. The van der Waals surface area contributed by atoms with E-state index in [2.05, 4.69) is 5.32 Å². The molecule has 4 heteroatoms. The zero-order valence-corrected chi connectivity index (χ0v) is 13.2. The molecule has 2 aromatic rings. The van der Waals surface area contributed by atoms with Crippen molar-refractivity contribution in [3.63, 3.8) is 0 Å². The molecule has 1 heterocycles. The van der Waals surface area contributed by atoms with Gasteiger partial charge in [-0.1, -0.05) is 23.8 Å². The first-order valence-corrected chi connectivity index (χ1v) is 7.95. The van der Waals surface area contributed by atoms with Gasteiger partial charge in [-0.05, 0) is 50.1 Å². The van der Waals surface area contributed by atoms with E-state index in [1.54, 1.807) is 12.1 Å². The summed E-state index contributed by atoms with van der Waals surface area (Å²) in [6, 6.07) is 15.0. The molecule has 1 aliphatic rings. The van der Waals surface area contributed by atoms with Crippen molar-refractivity contribution in [3.05, 3.63) is 59.7 Å². The van der Waals surface area contributed by atoms with Gasteiger partial charge in [-0.25, -0.2) is 0 Å². The number of nitrogens with one attached hydrogen (secondary N) is 1. The first kappa shape index (κ1) is 15.6. The Kier molecular flexibility index (Phi) is 4.93. The first-order valence-electron chi connectivity index (χ1n) is 7.95. The summed E-state index contributed by atoms with van der Waals surface area (Å²) in [7, 11) is 0. The normalized spacial score (nSPS) is 17.0. The van der Waals surface area contributed by atoms with E-state index in [1.165, 1.54) is 5.56 Å². The molecule has 0 radical (unpaired) electrons. The lowest BCUT2D eigenvalue weighted by Gasteiger charge is -2.11. The second-order valence-corrected chi connectivity index (χ2v) is 5.79. The van der Waals surface area contributed by atoms with Crippen molar-refractivity contribution in [1.29, 1.82) is 0 Å². The molecule has 1 unspecified atom stereocenters. The van der Waals surface area contributed by atoms with Crippen LogP contribution in [0.25, 0.3) is 0 Å². The summed E-state index contributed by atoms with van der Waals surface area (Å²) in [6.45, 7) is 3.38. The molecule has 1 saturated heterocycles. The Morgan fingerprint density at radius 2 is 2.04 bits per heavy atom. The highest BCUT2D eigenvalue weighted by Crippen LogP contribution is 2.22. The molecule has 3 rings (SSSR count). The number of aryl methyl sites for hydroxylation is 1. The Balaban J connectivity index is 1.61. The van der Waals surface area contributed by atoms with Gasteiger partial charge in [0.25, 0.3) is 5.91 Å². The topological polar surface area (TPSA) is 47.6 Å². The number of ether oxygens (including phenoxy) is 2. The minimum atomic E-state index is -0.102. The van der Waals surface area contributed by atoms with Crippen LogP contribution in [0.1, 0.15) is 28.8 Å². The van der Waals surface area contributed by atoms with Crippen LogP contribution in [-0.4, -0.2) is 25.2 Å². The maximum atomic E-state index is 12.2. The largest absolute Gasteiger partial charge is 0.457 e. The van der Waals surface area contributed by atoms with Gasteiger partial charge in [0.05, 0.1) is 6.10 Å². The number of carbonyl (C=O) groups excluding carboxylic acids is 1. The first-order chi connectivity index (χ1) is 11.2. The SMILES string of the molecule is Cc1ccc(Oc2cccc(C(=O)NCC3CCCO3)c2)cc1. The number of amides is 1. The van der Waals surface area contributed by atoms with Gasteiger partial charge in [-0.3, -0.25) is 4.79 Å². The zero-order valence-electron chi connectivity index (χ0n) is 13.2. The minimum absolute atomic E-state index is 0.102. The van der Waals surface area contributed by atoms with Crippen molar-refractivity contribution in [2.24, 2.45) is 0 Å². The van der Waals surface area contributed by atoms with Crippen LogP contribution in [0.5, 0.6) is 11.5 Å². The lowest BCUT2D eigenvalue weighted by molar-refractivity contribution is 0.0857. The third-order valence-corrected chi connectivity index (χ3v) is 3.87. The third-order valence-electron chi connectivity index (χ3n) is 3.87.